The van der Waals surface area contributed by atoms with Crippen LogP contribution in [0, 0.1) is 0 Å². The molecule has 2 nitrogen and oxygen atoms in total. The number of aromatic nitrogens is 2. The van der Waals surface area contributed by atoms with Gasteiger partial charge in [-0.05, 0) is 0 Å². The van der Waals surface area contributed by atoms with Gasteiger partial charge in [0, 0.05) is 20.2 Å². The second-order valence-corrected chi connectivity index (χ2v) is 1.65. The van der Waals surface area contributed by atoms with Gasteiger partial charge in [-0.25, -0.2) is 0 Å². The summed E-state index contributed by atoms with van der Waals surface area (Å²) in [7, 11) is 1.88. The molecule has 1 aromatic heterocycles. The first-order valence-corrected chi connectivity index (χ1v) is 2.44. The molecule has 0 unspecified atom stereocenters. The van der Waals surface area contributed by atoms with E-state index >= 15 is 0 Å². The van der Waals surface area contributed by atoms with Crippen LogP contribution < -0.4 is 0 Å². The first kappa shape index (κ1) is 5.09. The molecule has 1 rings (SSSR count). The molecule has 0 aromatic carbocycles. The van der Waals surface area contributed by atoms with Gasteiger partial charge in [0.1, 0.15) is 0 Å². The van der Waals surface area contributed by atoms with E-state index in [2.05, 4.69) is 11.7 Å². The monoisotopic (exact) mass is 110 g/mol. The zero-order valence-corrected chi connectivity index (χ0v) is 4.83. The molecule has 2 heteroatoms. The summed E-state index contributed by atoms with van der Waals surface area (Å²) in [5.41, 5.74) is 1.06. The maximum atomic E-state index is 3.93. The van der Waals surface area contributed by atoms with E-state index in [1.807, 2.05) is 13.2 Å². The Morgan fingerprint density at radius 2 is 2.75 bits per heavy atom. The molecule has 8 heavy (non-hydrogen) atoms. The van der Waals surface area contributed by atoms with Crippen LogP contribution in [0.4, 0.5) is 0 Å². The zero-order chi connectivity index (χ0) is 5.98. The second kappa shape index (κ2) is 1.82. The fourth-order valence-corrected chi connectivity index (χ4v) is 0.546. The fraction of sp³-hybridized carbons (Fsp3) is 0.167. The summed E-state index contributed by atoms with van der Waals surface area (Å²) in [4.78, 5) is 0. The highest BCUT2D eigenvalue weighted by Crippen LogP contribution is 1.95. The lowest BCUT2D eigenvalue weighted by atomic mass is 10.4. The molecular formula is C6H10N2. The second-order valence-electron chi connectivity index (χ2n) is 1.65. The Balaban J connectivity index is 0.000000640. The van der Waals surface area contributed by atoms with Crippen molar-refractivity contribution in [2.75, 3.05) is 0 Å². The Morgan fingerprint density at radius 1 is 2.00 bits per heavy atom. The molecule has 1 heterocycles. The summed E-state index contributed by atoms with van der Waals surface area (Å²) in [5.74, 6) is 0. The number of rotatable bonds is 1. The highest BCUT2D eigenvalue weighted by molar-refractivity contribution is 5.43. The third-order valence-corrected chi connectivity index (χ3v) is 0.961. The average molecular weight is 110 g/mol. The Kier molecular flexibility index (Phi) is 1.16. The van der Waals surface area contributed by atoms with Gasteiger partial charge in [0.05, 0.1) is 6.20 Å². The van der Waals surface area contributed by atoms with Crippen molar-refractivity contribution in [2.24, 2.45) is 7.05 Å². The third-order valence-electron chi connectivity index (χ3n) is 0.961. The Morgan fingerprint density at radius 3 is 3.00 bits per heavy atom. The third kappa shape index (κ3) is 0.780. The predicted molar refractivity (Wildman–Crippen MR) is 35.4 cm³/mol. The molecular weight excluding hydrogens is 100 g/mol. The molecule has 1 aromatic rings. The van der Waals surface area contributed by atoms with Crippen LogP contribution in [0.2, 0.25) is 0 Å². The topological polar surface area (TPSA) is 17.8 Å². The minimum Gasteiger partial charge on any atom is -0.275 e. The summed E-state index contributed by atoms with van der Waals surface area (Å²) in [5, 5.41) is 3.93. The Hall–Kier alpha value is -1.05. The number of hydrogen-bond acceptors (Lipinski definition) is 1. The molecule has 0 fully saturated rings. The largest absolute Gasteiger partial charge is 0.275 e. The van der Waals surface area contributed by atoms with Crippen molar-refractivity contribution >= 4 is 6.08 Å². The number of nitrogens with zero attached hydrogens (tertiary/aromatic N) is 2. The normalized spacial score (nSPS) is 9.12. The van der Waals surface area contributed by atoms with Crippen molar-refractivity contribution in [2.45, 2.75) is 0 Å². The van der Waals surface area contributed by atoms with Crippen molar-refractivity contribution in [1.29, 1.82) is 0 Å². The van der Waals surface area contributed by atoms with E-state index in [1.165, 1.54) is 0 Å². The van der Waals surface area contributed by atoms with Gasteiger partial charge in [-0.1, -0.05) is 12.7 Å². The number of aryl methyl sites for hydroxylation is 1. The van der Waals surface area contributed by atoms with E-state index in [9.17, 15) is 0 Å². The molecule has 0 aliphatic rings. The lowest BCUT2D eigenvalue weighted by molar-refractivity contribution is 0.767. The van der Waals surface area contributed by atoms with Crippen LogP contribution in [0.25, 0.3) is 6.08 Å². The predicted octanol–water partition coefficient (Wildman–Crippen LogP) is 1.31. The Bertz CT molecular complexity index is 193. The summed E-state index contributed by atoms with van der Waals surface area (Å²) < 4.78 is 1.75. The first-order valence-electron chi connectivity index (χ1n) is 2.44. The molecule has 0 amide bonds. The molecule has 0 N–H and O–H groups in total. The van der Waals surface area contributed by atoms with E-state index < -0.39 is 0 Å². The maximum absolute atomic E-state index is 3.93. The van der Waals surface area contributed by atoms with E-state index in [0.717, 1.165) is 5.56 Å². The van der Waals surface area contributed by atoms with Crippen molar-refractivity contribution in [1.82, 2.24) is 9.78 Å². The molecule has 44 valence electrons. The summed E-state index contributed by atoms with van der Waals surface area (Å²) in [6.45, 7) is 3.59. The highest BCUT2D eigenvalue weighted by atomic mass is 15.2. The molecule has 0 aliphatic heterocycles. The fourth-order valence-electron chi connectivity index (χ4n) is 0.546. The van der Waals surface area contributed by atoms with Crippen molar-refractivity contribution in [3.8, 4) is 0 Å². The van der Waals surface area contributed by atoms with Crippen molar-refractivity contribution < 1.29 is 1.43 Å². The van der Waals surface area contributed by atoms with Crippen LogP contribution in [0.3, 0.4) is 0 Å². The van der Waals surface area contributed by atoms with Gasteiger partial charge in [0.25, 0.3) is 0 Å². The molecule has 0 spiro atoms. The van der Waals surface area contributed by atoms with Crippen LogP contribution in [0.5, 0.6) is 0 Å². The van der Waals surface area contributed by atoms with Crippen LogP contribution in [-0.2, 0) is 7.05 Å². The van der Waals surface area contributed by atoms with Crippen molar-refractivity contribution in [3.05, 3.63) is 24.5 Å². The lowest BCUT2D eigenvalue weighted by Gasteiger charge is -1.79. The minimum atomic E-state index is 0. The van der Waals surface area contributed by atoms with Crippen LogP contribution in [-0.4, -0.2) is 9.78 Å². The van der Waals surface area contributed by atoms with Gasteiger partial charge in [0.2, 0.25) is 0 Å². The van der Waals surface area contributed by atoms with Crippen LogP contribution >= 0.6 is 0 Å². The lowest BCUT2D eigenvalue weighted by Crippen LogP contribution is -1.83. The molecule has 0 saturated heterocycles. The van der Waals surface area contributed by atoms with Gasteiger partial charge in [-0.2, -0.15) is 5.10 Å². The SMILES string of the molecule is C=Cc1cnn(C)c1.[HH]. The van der Waals surface area contributed by atoms with Crippen molar-refractivity contribution in [3.63, 3.8) is 0 Å². The number of hydrogen-bond donors (Lipinski definition) is 0. The Labute approximate surface area is 49.9 Å². The zero-order valence-electron chi connectivity index (χ0n) is 4.83. The van der Waals surface area contributed by atoms with Gasteiger partial charge in [-0.15, -0.1) is 0 Å². The summed E-state index contributed by atoms with van der Waals surface area (Å²) >= 11 is 0. The van der Waals surface area contributed by atoms with Gasteiger partial charge in [-0.3, -0.25) is 4.68 Å². The van der Waals surface area contributed by atoms with Gasteiger partial charge < -0.3 is 0 Å². The molecule has 0 aliphatic carbocycles. The molecule has 0 bridgehead atoms. The van der Waals surface area contributed by atoms with E-state index in [4.69, 9.17) is 0 Å². The molecule has 0 atom stereocenters. The smallest absolute Gasteiger partial charge is 0.0561 e. The minimum absolute atomic E-state index is 0. The maximum Gasteiger partial charge on any atom is 0.0561 e. The average Bonchev–Trinajstić information content (AvgIpc) is 2.14. The molecule has 0 radical (unpaired) electrons. The van der Waals surface area contributed by atoms with Crippen LogP contribution in [0.1, 0.15) is 6.99 Å². The molecule has 0 saturated carbocycles. The van der Waals surface area contributed by atoms with E-state index in [1.54, 1.807) is 17.0 Å². The van der Waals surface area contributed by atoms with Gasteiger partial charge >= 0.3 is 0 Å². The van der Waals surface area contributed by atoms with E-state index in [-0.39, 0.29) is 1.43 Å². The quantitative estimate of drug-likeness (QED) is 0.533. The van der Waals surface area contributed by atoms with Gasteiger partial charge in [0.15, 0.2) is 0 Å². The summed E-state index contributed by atoms with van der Waals surface area (Å²) in [6, 6.07) is 0. The van der Waals surface area contributed by atoms with Crippen LogP contribution in [0.15, 0.2) is 19.0 Å². The standard InChI is InChI=1S/C6H8N2.H2/c1-3-6-4-7-8(2)5-6;/h3-5H,1H2,2H3;1H. The highest BCUT2D eigenvalue weighted by Gasteiger charge is 1.84. The summed E-state index contributed by atoms with van der Waals surface area (Å²) in [6.07, 6.45) is 5.45. The first-order chi connectivity index (χ1) is 3.83. The van der Waals surface area contributed by atoms with E-state index in [0.29, 0.717) is 0 Å².